The summed E-state index contributed by atoms with van der Waals surface area (Å²) in [6.07, 6.45) is 3.04. The monoisotopic (exact) mass is 382 g/mol. The molecule has 27 heavy (non-hydrogen) atoms. The summed E-state index contributed by atoms with van der Waals surface area (Å²) in [4.78, 5) is 4.51. The van der Waals surface area contributed by atoms with Crippen LogP contribution < -0.4 is 4.74 Å². The van der Waals surface area contributed by atoms with Crippen molar-refractivity contribution in [1.82, 2.24) is 10.1 Å². The molecule has 0 N–H and O–H groups in total. The normalized spacial score (nSPS) is 18.1. The molecule has 0 bridgehead atoms. The quantitative estimate of drug-likeness (QED) is 0.567. The Morgan fingerprint density at radius 3 is 2.78 bits per heavy atom. The van der Waals surface area contributed by atoms with Gasteiger partial charge in [-0.05, 0) is 47.4 Å². The smallest absolute Gasteiger partial charge is 0.227 e. The van der Waals surface area contributed by atoms with Gasteiger partial charge in [0.15, 0.2) is 6.61 Å². The Morgan fingerprint density at radius 1 is 1.15 bits per heavy atom. The Hall–Kier alpha value is -2.33. The number of hydrogen-bond donors (Lipinski definition) is 0. The fraction of sp³-hybridized carbons (Fsp3) is 0.364. The Kier molecular flexibility index (Phi) is 4.92. The first-order valence-electron chi connectivity index (χ1n) is 9.31. The molecular weight excluding hydrogens is 360 g/mol. The van der Waals surface area contributed by atoms with Gasteiger partial charge in [-0.25, -0.2) is 0 Å². The Morgan fingerprint density at radius 2 is 1.93 bits per heavy atom. The number of ether oxygens (including phenoxy) is 1. The fourth-order valence-electron chi connectivity index (χ4n) is 3.85. The van der Waals surface area contributed by atoms with Crippen molar-refractivity contribution in [2.75, 3.05) is 0 Å². The van der Waals surface area contributed by atoms with E-state index in [2.05, 4.69) is 48.3 Å². The van der Waals surface area contributed by atoms with E-state index in [9.17, 15) is 0 Å². The van der Waals surface area contributed by atoms with Gasteiger partial charge >= 0.3 is 0 Å². The van der Waals surface area contributed by atoms with Crippen molar-refractivity contribution < 1.29 is 9.26 Å². The van der Waals surface area contributed by atoms with Gasteiger partial charge in [-0.15, -0.1) is 0 Å². The standard InChI is InChI=1S/C22H23ClN2O2/c1-22(2)12-11-15(16-7-3-4-8-17(16)22)13-21-24-20(25-27-21)14-26-19-10-6-5-9-18(19)23/h3-10,15H,11-14H2,1-2H3. The molecule has 4 nitrogen and oxygen atoms in total. The van der Waals surface area contributed by atoms with Crippen molar-refractivity contribution in [3.8, 4) is 5.75 Å². The minimum absolute atomic E-state index is 0.218. The highest BCUT2D eigenvalue weighted by atomic mass is 35.5. The van der Waals surface area contributed by atoms with E-state index in [0.29, 0.717) is 28.4 Å². The van der Waals surface area contributed by atoms with E-state index in [-0.39, 0.29) is 12.0 Å². The molecule has 0 saturated heterocycles. The van der Waals surface area contributed by atoms with Gasteiger partial charge in [0.25, 0.3) is 0 Å². The van der Waals surface area contributed by atoms with E-state index in [0.717, 1.165) is 19.3 Å². The molecule has 1 aromatic heterocycles. The number of aromatic nitrogens is 2. The van der Waals surface area contributed by atoms with E-state index in [1.807, 2.05) is 18.2 Å². The van der Waals surface area contributed by atoms with Gasteiger partial charge in [0, 0.05) is 6.42 Å². The second kappa shape index (κ2) is 7.35. The zero-order valence-electron chi connectivity index (χ0n) is 15.6. The first-order chi connectivity index (χ1) is 13.0. The molecule has 1 aliphatic carbocycles. The van der Waals surface area contributed by atoms with E-state index in [1.54, 1.807) is 6.07 Å². The van der Waals surface area contributed by atoms with Gasteiger partial charge in [-0.1, -0.05) is 67.0 Å². The molecule has 1 atom stereocenters. The van der Waals surface area contributed by atoms with Gasteiger partial charge in [0.2, 0.25) is 11.7 Å². The molecule has 3 aromatic rings. The summed E-state index contributed by atoms with van der Waals surface area (Å²) in [5.41, 5.74) is 3.06. The summed E-state index contributed by atoms with van der Waals surface area (Å²) in [6.45, 7) is 4.87. The van der Waals surface area contributed by atoms with E-state index in [1.165, 1.54) is 11.1 Å². The average Bonchev–Trinajstić information content (AvgIpc) is 3.11. The number of hydrogen-bond acceptors (Lipinski definition) is 4. The molecular formula is C22H23ClN2O2. The lowest BCUT2D eigenvalue weighted by molar-refractivity contribution is 0.284. The summed E-state index contributed by atoms with van der Waals surface area (Å²) in [7, 11) is 0. The molecule has 1 heterocycles. The molecule has 0 saturated carbocycles. The van der Waals surface area contributed by atoms with Crippen LogP contribution in [0.25, 0.3) is 0 Å². The molecule has 1 aliphatic rings. The fourth-order valence-corrected chi connectivity index (χ4v) is 4.04. The van der Waals surface area contributed by atoms with E-state index < -0.39 is 0 Å². The molecule has 5 heteroatoms. The maximum atomic E-state index is 6.11. The van der Waals surface area contributed by atoms with Gasteiger partial charge in [-0.2, -0.15) is 4.98 Å². The van der Waals surface area contributed by atoms with Crippen molar-refractivity contribution in [1.29, 1.82) is 0 Å². The lowest BCUT2D eigenvalue weighted by Gasteiger charge is -2.36. The second-order valence-electron chi connectivity index (χ2n) is 7.73. The van der Waals surface area contributed by atoms with Crippen LogP contribution in [0, 0.1) is 0 Å². The zero-order chi connectivity index (χ0) is 18.9. The molecule has 0 spiro atoms. The Labute approximate surface area is 164 Å². The van der Waals surface area contributed by atoms with Crippen molar-refractivity contribution >= 4 is 11.6 Å². The summed E-state index contributed by atoms with van der Waals surface area (Å²) >= 11 is 6.11. The van der Waals surface area contributed by atoms with Crippen molar-refractivity contribution in [2.24, 2.45) is 0 Å². The third-order valence-corrected chi connectivity index (χ3v) is 5.68. The van der Waals surface area contributed by atoms with Crippen molar-refractivity contribution in [3.05, 3.63) is 76.4 Å². The molecule has 2 aromatic carbocycles. The lowest BCUT2D eigenvalue weighted by atomic mass is 9.68. The molecule has 0 fully saturated rings. The highest BCUT2D eigenvalue weighted by molar-refractivity contribution is 6.32. The number of fused-ring (bicyclic) bond motifs is 1. The highest BCUT2D eigenvalue weighted by Crippen LogP contribution is 2.43. The summed E-state index contributed by atoms with van der Waals surface area (Å²) in [6, 6.07) is 16.1. The molecule has 1 unspecified atom stereocenters. The molecule has 140 valence electrons. The maximum absolute atomic E-state index is 6.11. The SMILES string of the molecule is CC1(C)CCC(Cc2nc(COc3ccccc3Cl)no2)c2ccccc21. The molecule has 0 radical (unpaired) electrons. The zero-order valence-corrected chi connectivity index (χ0v) is 16.4. The summed E-state index contributed by atoms with van der Waals surface area (Å²) < 4.78 is 11.2. The number of rotatable bonds is 5. The van der Waals surface area contributed by atoms with Crippen LogP contribution in [0.15, 0.2) is 53.1 Å². The molecule has 4 rings (SSSR count). The first-order valence-corrected chi connectivity index (χ1v) is 9.69. The van der Waals surface area contributed by atoms with Crippen LogP contribution in [0.3, 0.4) is 0 Å². The lowest BCUT2D eigenvalue weighted by Crippen LogP contribution is -2.27. The van der Waals surface area contributed by atoms with Crippen LogP contribution in [0.5, 0.6) is 5.75 Å². The van der Waals surface area contributed by atoms with Crippen LogP contribution in [0.2, 0.25) is 5.02 Å². The van der Waals surface area contributed by atoms with E-state index >= 15 is 0 Å². The van der Waals surface area contributed by atoms with E-state index in [4.69, 9.17) is 20.9 Å². The molecule has 0 amide bonds. The van der Waals surface area contributed by atoms with Gasteiger partial charge in [-0.3, -0.25) is 0 Å². The third-order valence-electron chi connectivity index (χ3n) is 5.37. The van der Waals surface area contributed by atoms with Crippen LogP contribution in [-0.4, -0.2) is 10.1 Å². The molecule has 0 aliphatic heterocycles. The van der Waals surface area contributed by atoms with Gasteiger partial charge in [0.05, 0.1) is 5.02 Å². The number of benzene rings is 2. The number of halogens is 1. The van der Waals surface area contributed by atoms with Crippen molar-refractivity contribution in [2.45, 2.75) is 51.0 Å². The minimum Gasteiger partial charge on any atom is -0.484 e. The second-order valence-corrected chi connectivity index (χ2v) is 8.14. The van der Waals surface area contributed by atoms with Crippen LogP contribution >= 0.6 is 11.6 Å². The van der Waals surface area contributed by atoms with Crippen LogP contribution in [0.1, 0.15) is 55.4 Å². The van der Waals surface area contributed by atoms with Crippen LogP contribution in [-0.2, 0) is 18.4 Å². The topological polar surface area (TPSA) is 48.2 Å². The Balaban J connectivity index is 1.45. The Bertz CT molecular complexity index is 935. The summed E-state index contributed by atoms with van der Waals surface area (Å²) in [5, 5.41) is 4.63. The summed E-state index contributed by atoms with van der Waals surface area (Å²) in [5.74, 6) is 2.22. The third kappa shape index (κ3) is 3.86. The maximum Gasteiger partial charge on any atom is 0.227 e. The average molecular weight is 383 g/mol. The van der Waals surface area contributed by atoms with Crippen LogP contribution in [0.4, 0.5) is 0 Å². The highest BCUT2D eigenvalue weighted by Gasteiger charge is 2.33. The predicted molar refractivity (Wildman–Crippen MR) is 105 cm³/mol. The predicted octanol–water partition coefficient (Wildman–Crippen LogP) is 5.70. The number of nitrogens with zero attached hydrogens (tertiary/aromatic N) is 2. The van der Waals surface area contributed by atoms with Gasteiger partial charge in [0.1, 0.15) is 5.75 Å². The minimum atomic E-state index is 0.218. The largest absolute Gasteiger partial charge is 0.484 e. The van der Waals surface area contributed by atoms with Crippen molar-refractivity contribution in [3.63, 3.8) is 0 Å². The van der Waals surface area contributed by atoms with Gasteiger partial charge < -0.3 is 9.26 Å². The first kappa shape index (κ1) is 18.1. The number of para-hydroxylation sites is 1.